The molecule has 1 fully saturated rings. The predicted molar refractivity (Wildman–Crippen MR) is 77.1 cm³/mol. The summed E-state index contributed by atoms with van der Waals surface area (Å²) < 4.78 is 0. The molecule has 0 aliphatic heterocycles. The second-order valence-electron chi connectivity index (χ2n) is 6.29. The van der Waals surface area contributed by atoms with Crippen molar-refractivity contribution in [3.8, 4) is 0 Å². The van der Waals surface area contributed by atoms with Crippen LogP contribution in [0.15, 0.2) is 18.3 Å². The summed E-state index contributed by atoms with van der Waals surface area (Å²) in [5.41, 5.74) is 2.54. The third-order valence-corrected chi connectivity index (χ3v) is 5.05. The van der Waals surface area contributed by atoms with E-state index in [4.69, 9.17) is 0 Å². The van der Waals surface area contributed by atoms with E-state index < -0.39 is 0 Å². The molecule has 104 valence electrons. The van der Waals surface area contributed by atoms with Crippen LogP contribution in [0.1, 0.15) is 68.5 Å². The van der Waals surface area contributed by atoms with Gasteiger partial charge in [-0.3, -0.25) is 4.98 Å². The highest BCUT2D eigenvalue weighted by Gasteiger charge is 2.34. The number of nitrogens with zero attached hydrogens (tertiary/aromatic N) is 1. The largest absolute Gasteiger partial charge is 0.392 e. The van der Waals surface area contributed by atoms with Crippen LogP contribution in [0.5, 0.6) is 0 Å². The third kappa shape index (κ3) is 2.84. The molecule has 1 aromatic heterocycles. The van der Waals surface area contributed by atoms with E-state index in [1.165, 1.54) is 56.2 Å². The Kier molecular flexibility index (Phi) is 4.17. The van der Waals surface area contributed by atoms with Crippen molar-refractivity contribution in [1.29, 1.82) is 0 Å². The Morgan fingerprint density at radius 2 is 1.79 bits per heavy atom. The van der Waals surface area contributed by atoms with Gasteiger partial charge in [0.25, 0.3) is 0 Å². The van der Waals surface area contributed by atoms with Crippen LogP contribution >= 0.6 is 0 Å². The Morgan fingerprint density at radius 3 is 2.58 bits per heavy atom. The smallest absolute Gasteiger partial charge is 0.0652 e. The van der Waals surface area contributed by atoms with Crippen molar-refractivity contribution < 1.29 is 5.11 Å². The van der Waals surface area contributed by atoms with Gasteiger partial charge in [-0.25, -0.2) is 0 Å². The van der Waals surface area contributed by atoms with Gasteiger partial charge in [-0.1, -0.05) is 38.2 Å². The van der Waals surface area contributed by atoms with Gasteiger partial charge in [-0.05, 0) is 43.2 Å². The fraction of sp³-hybridized carbons (Fsp3) is 0.706. The van der Waals surface area contributed by atoms with Crippen LogP contribution < -0.4 is 0 Å². The van der Waals surface area contributed by atoms with Crippen molar-refractivity contribution in [1.82, 2.24) is 4.98 Å². The summed E-state index contributed by atoms with van der Waals surface area (Å²) in [5.74, 6) is 0.791. The fourth-order valence-corrected chi connectivity index (χ4v) is 3.93. The molecule has 2 nitrogen and oxygen atoms in total. The highest BCUT2D eigenvalue weighted by molar-refractivity contribution is 5.29. The Labute approximate surface area is 116 Å². The number of fused-ring (bicyclic) bond motifs is 1. The van der Waals surface area contributed by atoms with Crippen molar-refractivity contribution in [2.45, 2.75) is 69.8 Å². The van der Waals surface area contributed by atoms with Crippen molar-refractivity contribution in [3.05, 3.63) is 29.6 Å². The molecule has 19 heavy (non-hydrogen) atoms. The first-order chi connectivity index (χ1) is 9.36. The summed E-state index contributed by atoms with van der Waals surface area (Å²) in [6.07, 6.45) is 13.0. The predicted octanol–water partition coefficient (Wildman–Crippen LogP) is 3.83. The first kappa shape index (κ1) is 13.1. The van der Waals surface area contributed by atoms with Crippen LogP contribution in [-0.4, -0.2) is 16.2 Å². The number of aliphatic hydroxyl groups is 1. The molecular weight excluding hydrogens is 234 g/mol. The lowest BCUT2D eigenvalue weighted by Crippen LogP contribution is -2.27. The first-order valence-electron chi connectivity index (χ1n) is 7.98. The molecule has 0 radical (unpaired) electrons. The summed E-state index contributed by atoms with van der Waals surface area (Å²) in [5, 5.41) is 10.8. The number of aromatic nitrogens is 1. The highest BCUT2D eigenvalue weighted by Crippen LogP contribution is 2.39. The Morgan fingerprint density at radius 1 is 1.05 bits per heavy atom. The van der Waals surface area contributed by atoms with Gasteiger partial charge in [-0.15, -0.1) is 0 Å². The number of hydrogen-bond donors (Lipinski definition) is 1. The Hall–Kier alpha value is -0.890. The molecule has 0 bridgehead atoms. The molecule has 3 rings (SSSR count). The standard InChI is InChI=1S/C17H25NO/c19-17(14-7-4-2-1-3-5-8-14)15-11-10-13-9-6-12-18-16(13)15/h6,9,12,14-15,17,19H,1-5,7-8,10-11H2. The fourth-order valence-electron chi connectivity index (χ4n) is 3.93. The molecule has 0 aromatic carbocycles. The maximum absolute atomic E-state index is 10.8. The molecule has 0 amide bonds. The van der Waals surface area contributed by atoms with Crippen LogP contribution in [-0.2, 0) is 6.42 Å². The van der Waals surface area contributed by atoms with E-state index >= 15 is 0 Å². The molecule has 2 aliphatic rings. The zero-order valence-corrected chi connectivity index (χ0v) is 11.7. The summed E-state index contributed by atoms with van der Waals surface area (Å²) in [4.78, 5) is 4.54. The quantitative estimate of drug-likeness (QED) is 0.875. The van der Waals surface area contributed by atoms with Gasteiger partial charge in [0.1, 0.15) is 0 Å². The third-order valence-electron chi connectivity index (χ3n) is 5.05. The average molecular weight is 259 g/mol. The molecule has 1 saturated carbocycles. The van der Waals surface area contributed by atoms with Crippen LogP contribution in [0.3, 0.4) is 0 Å². The van der Waals surface area contributed by atoms with Crippen LogP contribution in [0.4, 0.5) is 0 Å². The minimum atomic E-state index is -0.172. The molecule has 1 aromatic rings. The molecule has 2 heteroatoms. The number of hydrogen-bond acceptors (Lipinski definition) is 2. The van der Waals surface area contributed by atoms with E-state index in [-0.39, 0.29) is 6.10 Å². The maximum Gasteiger partial charge on any atom is 0.0652 e. The van der Waals surface area contributed by atoms with Gasteiger partial charge in [0.2, 0.25) is 0 Å². The molecule has 1 N–H and O–H groups in total. The van der Waals surface area contributed by atoms with Gasteiger partial charge in [0.05, 0.1) is 6.10 Å². The number of aryl methyl sites for hydroxylation is 1. The minimum Gasteiger partial charge on any atom is -0.392 e. The lowest BCUT2D eigenvalue weighted by molar-refractivity contribution is 0.0649. The van der Waals surface area contributed by atoms with Crippen molar-refractivity contribution in [3.63, 3.8) is 0 Å². The maximum atomic E-state index is 10.8. The Balaban J connectivity index is 1.71. The molecule has 1 heterocycles. The molecule has 2 unspecified atom stereocenters. The van der Waals surface area contributed by atoms with E-state index in [9.17, 15) is 5.11 Å². The van der Waals surface area contributed by atoms with Crippen LogP contribution in [0.2, 0.25) is 0 Å². The van der Waals surface area contributed by atoms with Crippen molar-refractivity contribution in [2.24, 2.45) is 5.92 Å². The molecule has 2 aliphatic carbocycles. The van der Waals surface area contributed by atoms with Crippen LogP contribution in [0.25, 0.3) is 0 Å². The minimum absolute atomic E-state index is 0.172. The number of rotatable bonds is 2. The average Bonchev–Trinajstić information content (AvgIpc) is 2.81. The molecule has 0 saturated heterocycles. The summed E-state index contributed by atoms with van der Waals surface area (Å²) in [7, 11) is 0. The lowest BCUT2D eigenvalue weighted by Gasteiger charge is -2.29. The normalized spacial score (nSPS) is 26.5. The SMILES string of the molecule is OC(C1CCCCCCC1)C1CCc2cccnc21. The topological polar surface area (TPSA) is 33.1 Å². The van der Waals surface area contributed by atoms with E-state index in [1.807, 2.05) is 12.3 Å². The zero-order valence-electron chi connectivity index (χ0n) is 11.7. The van der Waals surface area contributed by atoms with Crippen LogP contribution in [0, 0.1) is 5.92 Å². The second-order valence-corrected chi connectivity index (χ2v) is 6.29. The zero-order chi connectivity index (χ0) is 13.1. The molecule has 0 spiro atoms. The lowest BCUT2D eigenvalue weighted by atomic mass is 9.81. The second kappa shape index (κ2) is 6.04. The Bertz CT molecular complexity index is 409. The van der Waals surface area contributed by atoms with E-state index in [2.05, 4.69) is 11.1 Å². The monoisotopic (exact) mass is 259 g/mol. The van der Waals surface area contributed by atoms with Gasteiger partial charge in [-0.2, -0.15) is 0 Å². The summed E-state index contributed by atoms with van der Waals surface area (Å²) in [6.45, 7) is 0. The van der Waals surface area contributed by atoms with Gasteiger partial charge in [0.15, 0.2) is 0 Å². The number of aliphatic hydroxyl groups excluding tert-OH is 1. The summed E-state index contributed by atoms with van der Waals surface area (Å²) in [6, 6.07) is 4.19. The number of pyridine rings is 1. The highest BCUT2D eigenvalue weighted by atomic mass is 16.3. The van der Waals surface area contributed by atoms with Crippen molar-refractivity contribution >= 4 is 0 Å². The van der Waals surface area contributed by atoms with E-state index in [0.29, 0.717) is 11.8 Å². The molecule has 2 atom stereocenters. The van der Waals surface area contributed by atoms with Gasteiger partial charge < -0.3 is 5.11 Å². The molecular formula is C17H25NO. The summed E-state index contributed by atoms with van der Waals surface area (Å²) >= 11 is 0. The van der Waals surface area contributed by atoms with Gasteiger partial charge >= 0.3 is 0 Å². The first-order valence-corrected chi connectivity index (χ1v) is 7.98. The van der Waals surface area contributed by atoms with Crippen molar-refractivity contribution in [2.75, 3.05) is 0 Å². The van der Waals surface area contributed by atoms with Gasteiger partial charge in [0, 0.05) is 17.8 Å². The van der Waals surface area contributed by atoms with E-state index in [0.717, 1.165) is 12.8 Å². The van der Waals surface area contributed by atoms with E-state index in [1.54, 1.807) is 0 Å².